The number of hydrogen-bond donors (Lipinski definition) is 2. The lowest BCUT2D eigenvalue weighted by Gasteiger charge is -2.30. The van der Waals surface area contributed by atoms with Crippen LogP contribution >= 0.6 is 0 Å². The van der Waals surface area contributed by atoms with Crippen LogP contribution in [0.5, 0.6) is 0 Å². The number of rotatable bonds is 3. The third kappa shape index (κ3) is 3.39. The Balaban J connectivity index is 2.41. The maximum atomic E-state index is 11.5. The molecule has 1 heterocycles. The van der Waals surface area contributed by atoms with E-state index < -0.39 is 6.03 Å². The van der Waals surface area contributed by atoms with Gasteiger partial charge in [-0.05, 0) is 19.8 Å². The molecule has 0 aromatic carbocycles. The summed E-state index contributed by atoms with van der Waals surface area (Å²) in [6, 6.07) is -0.469. The molecule has 1 fully saturated rings. The number of nitrogens with zero attached hydrogens (tertiary/aromatic N) is 1. The van der Waals surface area contributed by atoms with Crippen LogP contribution in [-0.2, 0) is 9.63 Å². The number of carbonyl (C=O) groups excluding carboxylic acids is 2. The zero-order chi connectivity index (χ0) is 11.3. The average Bonchev–Trinajstić information content (AvgIpc) is 2.26. The van der Waals surface area contributed by atoms with Crippen LogP contribution in [0.15, 0.2) is 0 Å². The van der Waals surface area contributed by atoms with Gasteiger partial charge in [0.05, 0.1) is 12.5 Å². The molecule has 86 valence electrons. The van der Waals surface area contributed by atoms with Gasteiger partial charge in [0, 0.05) is 13.1 Å². The minimum Gasteiger partial charge on any atom is -0.351 e. The van der Waals surface area contributed by atoms with E-state index in [1.54, 1.807) is 6.92 Å². The predicted octanol–water partition coefficient (Wildman–Crippen LogP) is -0.155. The molecule has 1 atom stereocenters. The second-order valence-corrected chi connectivity index (χ2v) is 3.52. The number of nitrogens with one attached hydrogen (secondary N) is 1. The van der Waals surface area contributed by atoms with Gasteiger partial charge in [-0.15, -0.1) is 0 Å². The van der Waals surface area contributed by atoms with Crippen LogP contribution in [0.4, 0.5) is 4.79 Å². The molecule has 3 amide bonds. The molecule has 1 saturated heterocycles. The first-order valence-corrected chi connectivity index (χ1v) is 5.11. The highest BCUT2D eigenvalue weighted by Crippen LogP contribution is 2.16. The maximum Gasteiger partial charge on any atom is 0.314 e. The Kier molecular flexibility index (Phi) is 4.36. The highest BCUT2D eigenvalue weighted by molar-refractivity contribution is 5.79. The van der Waals surface area contributed by atoms with Gasteiger partial charge < -0.3 is 10.6 Å². The van der Waals surface area contributed by atoms with E-state index in [1.165, 1.54) is 4.90 Å². The van der Waals surface area contributed by atoms with Crippen LogP contribution in [0, 0.1) is 5.92 Å². The van der Waals surface area contributed by atoms with Gasteiger partial charge in [0.2, 0.25) is 5.91 Å². The molecule has 1 aliphatic rings. The van der Waals surface area contributed by atoms with Gasteiger partial charge in [0.1, 0.15) is 0 Å². The lowest BCUT2D eigenvalue weighted by molar-refractivity contribution is -0.138. The molecule has 6 heteroatoms. The fourth-order valence-electron chi connectivity index (χ4n) is 1.62. The van der Waals surface area contributed by atoms with E-state index in [0.29, 0.717) is 19.7 Å². The fourth-order valence-corrected chi connectivity index (χ4v) is 1.62. The Morgan fingerprint density at radius 2 is 2.33 bits per heavy atom. The number of hydroxylamine groups is 1. The molecule has 0 saturated carbocycles. The second kappa shape index (κ2) is 5.55. The minimum absolute atomic E-state index is 0.178. The van der Waals surface area contributed by atoms with Crippen molar-refractivity contribution in [1.82, 2.24) is 10.4 Å². The van der Waals surface area contributed by atoms with Crippen LogP contribution in [0.25, 0.3) is 0 Å². The summed E-state index contributed by atoms with van der Waals surface area (Å²) in [6.07, 6.45) is 1.57. The SMILES string of the molecule is CCONC(=O)C1CCCN(C(N)=O)C1. The first-order chi connectivity index (χ1) is 7.15. The van der Waals surface area contributed by atoms with Crippen LogP contribution < -0.4 is 11.2 Å². The Morgan fingerprint density at radius 3 is 2.93 bits per heavy atom. The summed E-state index contributed by atoms with van der Waals surface area (Å²) in [5.41, 5.74) is 7.50. The van der Waals surface area contributed by atoms with Gasteiger partial charge in [-0.2, -0.15) is 0 Å². The highest BCUT2D eigenvalue weighted by Gasteiger charge is 2.27. The van der Waals surface area contributed by atoms with E-state index >= 15 is 0 Å². The van der Waals surface area contributed by atoms with Gasteiger partial charge in [-0.1, -0.05) is 0 Å². The molecule has 0 aromatic rings. The highest BCUT2D eigenvalue weighted by atomic mass is 16.6. The molecule has 6 nitrogen and oxygen atoms in total. The molecule has 1 aliphatic heterocycles. The van der Waals surface area contributed by atoms with E-state index in [9.17, 15) is 9.59 Å². The number of urea groups is 1. The molecular weight excluding hydrogens is 198 g/mol. The molecule has 0 radical (unpaired) electrons. The number of hydrogen-bond acceptors (Lipinski definition) is 3. The Morgan fingerprint density at radius 1 is 1.60 bits per heavy atom. The largest absolute Gasteiger partial charge is 0.351 e. The first kappa shape index (κ1) is 11.8. The molecule has 0 aromatic heterocycles. The minimum atomic E-state index is -0.469. The molecule has 3 N–H and O–H groups in total. The topological polar surface area (TPSA) is 84.7 Å². The van der Waals surface area contributed by atoms with Gasteiger partial charge in [-0.3, -0.25) is 9.63 Å². The summed E-state index contributed by atoms with van der Waals surface area (Å²) in [5.74, 6) is -0.388. The number of carbonyl (C=O) groups is 2. The summed E-state index contributed by atoms with van der Waals surface area (Å²) in [6.45, 7) is 3.23. The molecule has 1 unspecified atom stereocenters. The van der Waals surface area contributed by atoms with Crippen molar-refractivity contribution >= 4 is 11.9 Å². The van der Waals surface area contributed by atoms with E-state index in [-0.39, 0.29) is 11.8 Å². The van der Waals surface area contributed by atoms with Crippen LogP contribution in [0.1, 0.15) is 19.8 Å². The van der Waals surface area contributed by atoms with E-state index in [4.69, 9.17) is 10.6 Å². The molecule has 0 aliphatic carbocycles. The van der Waals surface area contributed by atoms with Crippen molar-refractivity contribution in [3.8, 4) is 0 Å². The summed E-state index contributed by atoms with van der Waals surface area (Å²) in [4.78, 5) is 28.7. The fraction of sp³-hybridized carbons (Fsp3) is 0.778. The number of nitrogens with two attached hydrogens (primary N) is 1. The number of amides is 3. The van der Waals surface area contributed by atoms with Crippen molar-refractivity contribution in [3.05, 3.63) is 0 Å². The van der Waals surface area contributed by atoms with Crippen molar-refractivity contribution in [3.63, 3.8) is 0 Å². The number of likely N-dealkylation sites (tertiary alicyclic amines) is 1. The second-order valence-electron chi connectivity index (χ2n) is 3.52. The smallest absolute Gasteiger partial charge is 0.314 e. The Labute approximate surface area is 88.7 Å². The maximum absolute atomic E-state index is 11.5. The zero-order valence-corrected chi connectivity index (χ0v) is 8.86. The van der Waals surface area contributed by atoms with Crippen molar-refractivity contribution in [2.75, 3.05) is 19.7 Å². The summed E-state index contributed by atoms with van der Waals surface area (Å²) in [7, 11) is 0. The van der Waals surface area contributed by atoms with E-state index in [0.717, 1.165) is 12.8 Å². The number of piperidine rings is 1. The van der Waals surface area contributed by atoms with Crippen LogP contribution in [0.3, 0.4) is 0 Å². The molecular formula is C9H17N3O3. The predicted molar refractivity (Wildman–Crippen MR) is 53.6 cm³/mol. The first-order valence-electron chi connectivity index (χ1n) is 5.11. The van der Waals surface area contributed by atoms with Gasteiger partial charge in [0.15, 0.2) is 0 Å². The molecule has 1 rings (SSSR count). The monoisotopic (exact) mass is 215 g/mol. The van der Waals surface area contributed by atoms with E-state index in [2.05, 4.69) is 5.48 Å². The molecule has 0 spiro atoms. The summed E-state index contributed by atoms with van der Waals surface area (Å²) >= 11 is 0. The van der Waals surface area contributed by atoms with Gasteiger partial charge in [0.25, 0.3) is 0 Å². The third-order valence-electron chi connectivity index (χ3n) is 2.42. The Bertz CT molecular complexity index is 245. The summed E-state index contributed by atoms with van der Waals surface area (Å²) in [5, 5.41) is 0. The number of primary amides is 1. The third-order valence-corrected chi connectivity index (χ3v) is 2.42. The zero-order valence-electron chi connectivity index (χ0n) is 8.86. The van der Waals surface area contributed by atoms with Crippen molar-refractivity contribution in [2.45, 2.75) is 19.8 Å². The summed E-state index contributed by atoms with van der Waals surface area (Å²) < 4.78 is 0. The lowest BCUT2D eigenvalue weighted by Crippen LogP contribution is -2.47. The average molecular weight is 215 g/mol. The lowest BCUT2D eigenvalue weighted by atomic mass is 9.98. The van der Waals surface area contributed by atoms with E-state index in [1.807, 2.05) is 0 Å². The normalized spacial score (nSPS) is 21.1. The van der Waals surface area contributed by atoms with Crippen molar-refractivity contribution in [1.29, 1.82) is 0 Å². The quantitative estimate of drug-likeness (QED) is 0.642. The van der Waals surface area contributed by atoms with Crippen LogP contribution in [-0.4, -0.2) is 36.5 Å². The van der Waals surface area contributed by atoms with Gasteiger partial charge >= 0.3 is 6.03 Å². The molecule has 15 heavy (non-hydrogen) atoms. The van der Waals surface area contributed by atoms with Crippen molar-refractivity contribution in [2.24, 2.45) is 11.7 Å². The van der Waals surface area contributed by atoms with Gasteiger partial charge in [-0.25, -0.2) is 10.3 Å². The van der Waals surface area contributed by atoms with Crippen molar-refractivity contribution < 1.29 is 14.4 Å². The van der Waals surface area contributed by atoms with Crippen LogP contribution in [0.2, 0.25) is 0 Å². The molecule has 0 bridgehead atoms. The Hall–Kier alpha value is -1.30. The standard InChI is InChI=1S/C9H17N3O3/c1-2-15-11-8(13)7-4-3-5-12(6-7)9(10)14/h7H,2-6H2,1H3,(H2,10,14)(H,11,13).